The SMILES string of the molecule is C\C=C(C)/C=C\C(C=O)=C/C. The van der Waals surface area contributed by atoms with E-state index in [9.17, 15) is 4.79 Å². The first-order chi connectivity index (χ1) is 5.24. The predicted octanol–water partition coefficient (Wildman–Crippen LogP) is 2.65. The summed E-state index contributed by atoms with van der Waals surface area (Å²) in [7, 11) is 0. The van der Waals surface area contributed by atoms with Crippen LogP contribution in [-0.4, -0.2) is 6.29 Å². The lowest BCUT2D eigenvalue weighted by Gasteiger charge is -1.88. The zero-order valence-corrected chi connectivity index (χ0v) is 7.29. The molecule has 0 aromatic heterocycles. The average Bonchev–Trinajstić information content (AvgIpc) is 2.06. The van der Waals surface area contributed by atoms with E-state index in [1.807, 2.05) is 39.0 Å². The normalized spacial score (nSPS) is 14.1. The highest BCUT2D eigenvalue weighted by molar-refractivity contribution is 5.77. The maximum Gasteiger partial charge on any atom is 0.149 e. The van der Waals surface area contributed by atoms with Gasteiger partial charge in [0.2, 0.25) is 0 Å². The zero-order chi connectivity index (χ0) is 8.69. The fourth-order valence-corrected chi connectivity index (χ4v) is 0.527. The van der Waals surface area contributed by atoms with Crippen molar-refractivity contribution >= 4 is 6.29 Å². The van der Waals surface area contributed by atoms with Crippen LogP contribution >= 0.6 is 0 Å². The topological polar surface area (TPSA) is 17.1 Å². The van der Waals surface area contributed by atoms with Gasteiger partial charge in [-0.1, -0.05) is 29.9 Å². The molecular formula is C10H14O. The number of aldehydes is 1. The predicted molar refractivity (Wildman–Crippen MR) is 48.4 cm³/mol. The summed E-state index contributed by atoms with van der Waals surface area (Å²) in [6, 6.07) is 0. The quantitative estimate of drug-likeness (QED) is 0.343. The highest BCUT2D eigenvalue weighted by Gasteiger charge is 1.84. The van der Waals surface area contributed by atoms with Crippen LogP contribution in [0.15, 0.2) is 35.5 Å². The Hall–Kier alpha value is -1.11. The fourth-order valence-electron chi connectivity index (χ4n) is 0.527. The van der Waals surface area contributed by atoms with Gasteiger partial charge in [-0.3, -0.25) is 4.79 Å². The Morgan fingerprint density at radius 3 is 2.09 bits per heavy atom. The van der Waals surface area contributed by atoms with Gasteiger partial charge in [-0.05, 0) is 20.8 Å². The molecule has 0 bridgehead atoms. The van der Waals surface area contributed by atoms with Crippen molar-refractivity contribution in [1.82, 2.24) is 0 Å². The van der Waals surface area contributed by atoms with Crippen molar-refractivity contribution in [3.8, 4) is 0 Å². The Kier molecular flexibility index (Phi) is 5.09. The second-order valence-corrected chi connectivity index (χ2v) is 2.27. The number of carbonyl (C=O) groups excluding carboxylic acids is 1. The summed E-state index contributed by atoms with van der Waals surface area (Å²) in [5, 5.41) is 0. The molecule has 1 heteroatoms. The summed E-state index contributed by atoms with van der Waals surface area (Å²) >= 11 is 0. The van der Waals surface area contributed by atoms with Crippen LogP contribution in [0.3, 0.4) is 0 Å². The molecule has 1 nitrogen and oxygen atoms in total. The Labute approximate surface area is 68.1 Å². The summed E-state index contributed by atoms with van der Waals surface area (Å²) in [5.74, 6) is 0. The maximum atomic E-state index is 10.3. The van der Waals surface area contributed by atoms with Crippen LogP contribution in [0.4, 0.5) is 0 Å². The third-order valence-corrected chi connectivity index (χ3v) is 1.46. The van der Waals surface area contributed by atoms with E-state index in [0.29, 0.717) is 5.57 Å². The molecule has 0 saturated heterocycles. The minimum Gasteiger partial charge on any atom is -0.298 e. The molecule has 0 aromatic carbocycles. The standard InChI is InChI=1S/C10H14O/c1-4-9(3)6-7-10(5-2)8-11/h4-8H,1-3H3/b7-6-,9-4-,10-5+. The van der Waals surface area contributed by atoms with E-state index in [-0.39, 0.29) is 0 Å². The number of allylic oxidation sites excluding steroid dienone is 6. The van der Waals surface area contributed by atoms with Crippen molar-refractivity contribution in [1.29, 1.82) is 0 Å². The Bertz CT molecular complexity index is 207. The van der Waals surface area contributed by atoms with E-state index in [2.05, 4.69) is 0 Å². The molecule has 0 atom stereocenters. The van der Waals surface area contributed by atoms with Crippen LogP contribution in [0, 0.1) is 0 Å². The van der Waals surface area contributed by atoms with Crippen LogP contribution in [0.1, 0.15) is 20.8 Å². The number of hydrogen-bond acceptors (Lipinski definition) is 1. The van der Waals surface area contributed by atoms with E-state index in [1.54, 1.807) is 6.08 Å². The minimum absolute atomic E-state index is 0.714. The second-order valence-electron chi connectivity index (χ2n) is 2.27. The molecule has 0 N–H and O–H groups in total. The van der Waals surface area contributed by atoms with Crippen LogP contribution in [0.2, 0.25) is 0 Å². The van der Waals surface area contributed by atoms with Gasteiger partial charge in [0.25, 0.3) is 0 Å². The van der Waals surface area contributed by atoms with Crippen molar-refractivity contribution in [3.63, 3.8) is 0 Å². The van der Waals surface area contributed by atoms with Gasteiger partial charge in [-0.2, -0.15) is 0 Å². The molecule has 60 valence electrons. The van der Waals surface area contributed by atoms with Crippen molar-refractivity contribution in [2.75, 3.05) is 0 Å². The minimum atomic E-state index is 0.714. The molecule has 0 unspecified atom stereocenters. The average molecular weight is 150 g/mol. The van der Waals surface area contributed by atoms with Crippen LogP contribution < -0.4 is 0 Å². The molecule has 11 heavy (non-hydrogen) atoms. The van der Waals surface area contributed by atoms with Crippen molar-refractivity contribution in [2.24, 2.45) is 0 Å². The molecule has 0 aliphatic rings. The number of rotatable bonds is 3. The first-order valence-corrected chi connectivity index (χ1v) is 3.67. The highest BCUT2D eigenvalue weighted by Crippen LogP contribution is 1.98. The Morgan fingerprint density at radius 1 is 1.09 bits per heavy atom. The summed E-state index contributed by atoms with van der Waals surface area (Å²) < 4.78 is 0. The molecule has 0 rings (SSSR count). The first-order valence-electron chi connectivity index (χ1n) is 3.67. The molecule has 0 fully saturated rings. The molecular weight excluding hydrogens is 136 g/mol. The van der Waals surface area contributed by atoms with Gasteiger partial charge in [-0.15, -0.1) is 0 Å². The third kappa shape index (κ3) is 4.31. The summed E-state index contributed by atoms with van der Waals surface area (Å²) in [4.78, 5) is 10.3. The van der Waals surface area contributed by atoms with E-state index < -0.39 is 0 Å². The van der Waals surface area contributed by atoms with Crippen LogP contribution in [-0.2, 0) is 4.79 Å². The first kappa shape index (κ1) is 9.89. The number of hydrogen-bond donors (Lipinski definition) is 0. The van der Waals surface area contributed by atoms with Gasteiger partial charge in [0, 0.05) is 5.57 Å². The molecule has 0 saturated carbocycles. The Balaban J connectivity index is 4.23. The van der Waals surface area contributed by atoms with E-state index in [0.717, 1.165) is 11.9 Å². The molecule has 0 spiro atoms. The molecule has 0 aliphatic heterocycles. The van der Waals surface area contributed by atoms with Gasteiger partial charge in [0.05, 0.1) is 0 Å². The summed E-state index contributed by atoms with van der Waals surface area (Å²) in [6.07, 6.45) is 8.35. The summed E-state index contributed by atoms with van der Waals surface area (Å²) in [6.45, 7) is 5.81. The van der Waals surface area contributed by atoms with Crippen molar-refractivity contribution in [3.05, 3.63) is 35.5 Å². The van der Waals surface area contributed by atoms with Gasteiger partial charge in [0.15, 0.2) is 0 Å². The number of carbonyl (C=O) groups is 1. The lowest BCUT2D eigenvalue weighted by molar-refractivity contribution is -0.104. The monoisotopic (exact) mass is 150 g/mol. The molecule has 0 aromatic rings. The van der Waals surface area contributed by atoms with Gasteiger partial charge >= 0.3 is 0 Å². The van der Waals surface area contributed by atoms with Crippen LogP contribution in [0.5, 0.6) is 0 Å². The van der Waals surface area contributed by atoms with Gasteiger partial charge < -0.3 is 0 Å². The molecule has 0 radical (unpaired) electrons. The Morgan fingerprint density at radius 2 is 1.73 bits per heavy atom. The lowest BCUT2D eigenvalue weighted by atomic mass is 10.2. The van der Waals surface area contributed by atoms with E-state index in [1.165, 1.54) is 0 Å². The molecule has 0 aliphatic carbocycles. The van der Waals surface area contributed by atoms with Crippen molar-refractivity contribution < 1.29 is 4.79 Å². The third-order valence-electron chi connectivity index (χ3n) is 1.46. The summed E-state index contributed by atoms with van der Waals surface area (Å²) in [5.41, 5.74) is 1.87. The molecule has 0 heterocycles. The zero-order valence-electron chi connectivity index (χ0n) is 7.29. The van der Waals surface area contributed by atoms with E-state index in [4.69, 9.17) is 0 Å². The van der Waals surface area contributed by atoms with Crippen LogP contribution in [0.25, 0.3) is 0 Å². The highest BCUT2D eigenvalue weighted by atomic mass is 16.1. The van der Waals surface area contributed by atoms with E-state index >= 15 is 0 Å². The largest absolute Gasteiger partial charge is 0.298 e. The lowest BCUT2D eigenvalue weighted by Crippen LogP contribution is -1.76. The molecule has 0 amide bonds. The maximum absolute atomic E-state index is 10.3. The van der Waals surface area contributed by atoms with Crippen molar-refractivity contribution in [2.45, 2.75) is 20.8 Å². The smallest absolute Gasteiger partial charge is 0.149 e. The van der Waals surface area contributed by atoms with Gasteiger partial charge in [-0.25, -0.2) is 0 Å². The second kappa shape index (κ2) is 5.66. The van der Waals surface area contributed by atoms with Gasteiger partial charge in [0.1, 0.15) is 6.29 Å². The fraction of sp³-hybridized carbons (Fsp3) is 0.300.